The van der Waals surface area contributed by atoms with E-state index in [1.807, 2.05) is 39.1 Å². The second kappa shape index (κ2) is 7.25. The summed E-state index contributed by atoms with van der Waals surface area (Å²) in [4.78, 5) is 12.2. The number of hydrogen-bond acceptors (Lipinski definition) is 4. The molecule has 6 nitrogen and oxygen atoms in total. The summed E-state index contributed by atoms with van der Waals surface area (Å²) in [6.45, 7) is 4.24. The van der Waals surface area contributed by atoms with Crippen LogP contribution in [0.4, 0.5) is 0 Å². The van der Waals surface area contributed by atoms with E-state index < -0.39 is 0 Å². The molecule has 0 aliphatic heterocycles. The Morgan fingerprint density at radius 1 is 1.20 bits per heavy atom. The van der Waals surface area contributed by atoms with Crippen LogP contribution in [0.15, 0.2) is 53.1 Å². The minimum absolute atomic E-state index is 0.104. The quantitative estimate of drug-likeness (QED) is 0.747. The molecule has 0 atom stereocenters. The third-order valence-corrected chi connectivity index (χ3v) is 3.65. The Bertz CT molecular complexity index is 847. The molecule has 0 radical (unpaired) electrons. The van der Waals surface area contributed by atoms with Gasteiger partial charge in [-0.25, -0.2) is 0 Å². The van der Waals surface area contributed by atoms with Gasteiger partial charge in [-0.15, -0.1) is 0 Å². The fraction of sp³-hybridized carbons (Fsp3) is 0.263. The normalized spacial score (nSPS) is 10.9. The SMILES string of the molecule is CC(C)Oc1ccc(C(=O)NCc2ccc(-c3ccnn3C)o2)cc1. The highest BCUT2D eigenvalue weighted by Crippen LogP contribution is 2.21. The Balaban J connectivity index is 1.59. The van der Waals surface area contributed by atoms with Crippen molar-refractivity contribution in [2.24, 2.45) is 7.05 Å². The van der Waals surface area contributed by atoms with Crippen molar-refractivity contribution in [1.82, 2.24) is 15.1 Å². The van der Waals surface area contributed by atoms with Gasteiger partial charge in [-0.2, -0.15) is 5.10 Å². The number of furan rings is 1. The number of benzene rings is 1. The van der Waals surface area contributed by atoms with Gasteiger partial charge in [0, 0.05) is 18.8 Å². The third kappa shape index (κ3) is 4.09. The van der Waals surface area contributed by atoms with Gasteiger partial charge in [0.15, 0.2) is 5.76 Å². The fourth-order valence-corrected chi connectivity index (χ4v) is 2.45. The molecule has 0 saturated heterocycles. The second-order valence-electron chi connectivity index (χ2n) is 5.98. The van der Waals surface area contributed by atoms with Crippen LogP contribution in [0.3, 0.4) is 0 Å². The highest BCUT2D eigenvalue weighted by atomic mass is 16.5. The number of hydrogen-bond donors (Lipinski definition) is 1. The highest BCUT2D eigenvalue weighted by molar-refractivity contribution is 5.94. The maximum atomic E-state index is 12.2. The zero-order chi connectivity index (χ0) is 17.8. The number of aryl methyl sites for hydroxylation is 1. The average molecular weight is 339 g/mol. The number of ether oxygens (including phenoxy) is 1. The minimum Gasteiger partial charge on any atom is -0.491 e. The van der Waals surface area contributed by atoms with E-state index in [-0.39, 0.29) is 12.0 Å². The lowest BCUT2D eigenvalue weighted by Crippen LogP contribution is -2.22. The Labute approximate surface area is 146 Å². The van der Waals surface area contributed by atoms with Gasteiger partial charge in [0.05, 0.1) is 12.6 Å². The van der Waals surface area contributed by atoms with Crippen molar-refractivity contribution in [2.75, 3.05) is 0 Å². The average Bonchev–Trinajstić information content (AvgIpc) is 3.21. The van der Waals surface area contributed by atoms with Crippen LogP contribution in [0.2, 0.25) is 0 Å². The Morgan fingerprint density at radius 2 is 1.96 bits per heavy atom. The van der Waals surface area contributed by atoms with E-state index in [1.54, 1.807) is 35.1 Å². The molecule has 3 rings (SSSR count). The zero-order valence-electron chi connectivity index (χ0n) is 14.5. The molecule has 3 aromatic rings. The Hall–Kier alpha value is -3.02. The van der Waals surface area contributed by atoms with Crippen molar-refractivity contribution in [3.05, 3.63) is 60.0 Å². The monoisotopic (exact) mass is 339 g/mol. The van der Waals surface area contributed by atoms with Gasteiger partial charge in [0.25, 0.3) is 5.91 Å². The first kappa shape index (κ1) is 16.8. The van der Waals surface area contributed by atoms with Crippen molar-refractivity contribution in [2.45, 2.75) is 26.5 Å². The Kier molecular flexibility index (Phi) is 4.88. The van der Waals surface area contributed by atoms with Crippen LogP contribution in [0, 0.1) is 0 Å². The van der Waals surface area contributed by atoms with E-state index in [0.717, 1.165) is 17.2 Å². The van der Waals surface area contributed by atoms with E-state index in [4.69, 9.17) is 9.15 Å². The van der Waals surface area contributed by atoms with E-state index in [1.165, 1.54) is 0 Å². The lowest BCUT2D eigenvalue weighted by molar-refractivity contribution is 0.0948. The number of carbonyl (C=O) groups is 1. The largest absolute Gasteiger partial charge is 0.491 e. The van der Waals surface area contributed by atoms with Crippen LogP contribution in [0.25, 0.3) is 11.5 Å². The predicted octanol–water partition coefficient (Wildman–Crippen LogP) is 3.40. The molecule has 0 aliphatic rings. The van der Waals surface area contributed by atoms with Crippen LogP contribution < -0.4 is 10.1 Å². The number of nitrogens with zero attached hydrogens (tertiary/aromatic N) is 2. The van der Waals surface area contributed by atoms with Gasteiger partial charge in [-0.1, -0.05) is 0 Å². The molecule has 0 unspecified atom stereocenters. The fourth-order valence-electron chi connectivity index (χ4n) is 2.45. The molecular weight excluding hydrogens is 318 g/mol. The summed E-state index contributed by atoms with van der Waals surface area (Å²) in [5.74, 6) is 2.00. The summed E-state index contributed by atoms with van der Waals surface area (Å²) < 4.78 is 13.1. The summed E-state index contributed by atoms with van der Waals surface area (Å²) >= 11 is 0. The molecule has 0 bridgehead atoms. The maximum Gasteiger partial charge on any atom is 0.251 e. The predicted molar refractivity (Wildman–Crippen MR) is 94.3 cm³/mol. The van der Waals surface area contributed by atoms with Crippen molar-refractivity contribution >= 4 is 5.91 Å². The molecule has 0 spiro atoms. The van der Waals surface area contributed by atoms with Crippen LogP contribution in [0.5, 0.6) is 5.75 Å². The molecule has 2 heterocycles. The summed E-state index contributed by atoms with van der Waals surface area (Å²) in [6.07, 6.45) is 1.82. The molecule has 1 N–H and O–H groups in total. The molecule has 6 heteroatoms. The van der Waals surface area contributed by atoms with Crippen LogP contribution in [0.1, 0.15) is 30.0 Å². The molecule has 0 fully saturated rings. The van der Waals surface area contributed by atoms with Gasteiger partial charge in [-0.05, 0) is 56.3 Å². The van der Waals surface area contributed by atoms with Crippen molar-refractivity contribution in [3.8, 4) is 17.2 Å². The van der Waals surface area contributed by atoms with Crippen LogP contribution in [-0.2, 0) is 13.6 Å². The van der Waals surface area contributed by atoms with Crippen molar-refractivity contribution in [3.63, 3.8) is 0 Å². The lowest BCUT2D eigenvalue weighted by atomic mass is 10.2. The first-order valence-electron chi connectivity index (χ1n) is 8.15. The van der Waals surface area contributed by atoms with E-state index >= 15 is 0 Å². The van der Waals surface area contributed by atoms with E-state index in [0.29, 0.717) is 17.9 Å². The summed E-state index contributed by atoms with van der Waals surface area (Å²) in [6, 6.07) is 12.7. The first-order valence-corrected chi connectivity index (χ1v) is 8.15. The number of carbonyl (C=O) groups excluding carboxylic acids is 1. The molecule has 130 valence electrons. The molecule has 25 heavy (non-hydrogen) atoms. The van der Waals surface area contributed by atoms with Crippen LogP contribution in [-0.4, -0.2) is 21.8 Å². The topological polar surface area (TPSA) is 69.3 Å². The van der Waals surface area contributed by atoms with Gasteiger partial charge in [0.2, 0.25) is 0 Å². The summed E-state index contributed by atoms with van der Waals surface area (Å²) in [5, 5.41) is 6.97. The maximum absolute atomic E-state index is 12.2. The molecule has 0 saturated carbocycles. The molecule has 1 amide bonds. The van der Waals surface area contributed by atoms with Gasteiger partial charge in [0.1, 0.15) is 17.2 Å². The van der Waals surface area contributed by atoms with E-state index in [2.05, 4.69) is 10.4 Å². The van der Waals surface area contributed by atoms with E-state index in [9.17, 15) is 4.79 Å². The highest BCUT2D eigenvalue weighted by Gasteiger charge is 2.10. The second-order valence-corrected chi connectivity index (χ2v) is 5.98. The zero-order valence-corrected chi connectivity index (χ0v) is 14.5. The smallest absolute Gasteiger partial charge is 0.251 e. The number of rotatable bonds is 6. The van der Waals surface area contributed by atoms with Crippen molar-refractivity contribution in [1.29, 1.82) is 0 Å². The summed E-state index contributed by atoms with van der Waals surface area (Å²) in [7, 11) is 1.85. The Morgan fingerprint density at radius 3 is 2.60 bits per heavy atom. The molecule has 0 aliphatic carbocycles. The third-order valence-electron chi connectivity index (χ3n) is 3.65. The van der Waals surface area contributed by atoms with Gasteiger partial charge >= 0.3 is 0 Å². The van der Waals surface area contributed by atoms with Crippen molar-refractivity contribution < 1.29 is 13.9 Å². The minimum atomic E-state index is -0.158. The van der Waals surface area contributed by atoms with Crippen LogP contribution >= 0.6 is 0 Å². The molecule has 1 aromatic carbocycles. The lowest BCUT2D eigenvalue weighted by Gasteiger charge is -2.10. The van der Waals surface area contributed by atoms with Gasteiger partial charge in [-0.3, -0.25) is 9.48 Å². The number of amides is 1. The summed E-state index contributed by atoms with van der Waals surface area (Å²) in [5.41, 5.74) is 1.47. The van der Waals surface area contributed by atoms with Gasteiger partial charge < -0.3 is 14.5 Å². The standard InChI is InChI=1S/C19H21N3O3/c1-13(2)24-15-6-4-14(5-7-15)19(23)20-12-16-8-9-18(25-16)17-10-11-21-22(17)3/h4-11,13H,12H2,1-3H3,(H,20,23). The molecule has 2 aromatic heterocycles. The molecular formula is C19H21N3O3. The number of aromatic nitrogens is 2. The number of nitrogens with one attached hydrogen (secondary N) is 1. The first-order chi connectivity index (χ1) is 12.0.